The Morgan fingerprint density at radius 1 is 0.647 bits per heavy atom. The second-order valence-corrected chi connectivity index (χ2v) is 10.2. The maximum atomic E-state index is 10.0. The van der Waals surface area contributed by atoms with Crippen molar-refractivity contribution >= 4 is 21.3 Å². The Bertz CT molecular complexity index is 1200. The highest BCUT2D eigenvalue weighted by atomic mass is 32.3. The summed E-state index contributed by atoms with van der Waals surface area (Å²) < 4.78 is 34.1. The smallest absolute Gasteiger partial charge is 0.217 e. The van der Waals surface area contributed by atoms with Gasteiger partial charge in [-0.05, 0) is 54.1 Å². The fourth-order valence-corrected chi connectivity index (χ4v) is 5.32. The van der Waals surface area contributed by atoms with Crippen LogP contribution in [0, 0.1) is 0 Å². The number of rotatable bonds is 7. The molecule has 0 unspecified atom stereocenters. The summed E-state index contributed by atoms with van der Waals surface area (Å²) in [5, 5.41) is 19.0. The molecule has 0 bridgehead atoms. The first-order chi connectivity index (χ1) is 16.3. The van der Waals surface area contributed by atoms with E-state index in [0.29, 0.717) is 5.56 Å². The zero-order chi connectivity index (χ0) is 24.4. The third kappa shape index (κ3) is 8.57. The minimum absolute atomic E-state index is 0.141. The Morgan fingerprint density at radius 2 is 1.06 bits per heavy atom. The van der Waals surface area contributed by atoms with Crippen molar-refractivity contribution in [2.45, 2.75) is 22.2 Å². The molecule has 4 rings (SSSR count). The van der Waals surface area contributed by atoms with Gasteiger partial charge in [0.15, 0.2) is 9.79 Å². The highest BCUT2D eigenvalue weighted by molar-refractivity contribution is 7.96. The van der Waals surface area contributed by atoms with Crippen LogP contribution in [0.15, 0.2) is 119 Å². The van der Waals surface area contributed by atoms with Crippen LogP contribution in [-0.2, 0) is 37.8 Å². The van der Waals surface area contributed by atoms with Gasteiger partial charge < -0.3 is 14.8 Å². The van der Waals surface area contributed by atoms with Gasteiger partial charge in [0.25, 0.3) is 0 Å². The van der Waals surface area contributed by atoms with Gasteiger partial charge in [0.2, 0.25) is 10.4 Å². The first-order valence-electron chi connectivity index (χ1n) is 10.3. The molecule has 0 amide bonds. The van der Waals surface area contributed by atoms with Gasteiger partial charge in [-0.25, -0.2) is 8.42 Å². The van der Waals surface area contributed by atoms with Crippen LogP contribution in [0.3, 0.4) is 0 Å². The molecule has 4 aromatic rings. The number of hydrogen-bond acceptors (Lipinski definition) is 6. The lowest BCUT2D eigenvalue weighted by molar-refractivity contribution is 0.253. The Balaban J connectivity index is 0.000000229. The third-order valence-corrected chi connectivity index (χ3v) is 7.32. The zero-order valence-corrected chi connectivity index (χ0v) is 19.8. The number of phenols is 2. The van der Waals surface area contributed by atoms with Crippen LogP contribution in [0.2, 0.25) is 0 Å². The van der Waals surface area contributed by atoms with Crippen molar-refractivity contribution in [1.29, 1.82) is 0 Å². The lowest BCUT2D eigenvalue weighted by Crippen LogP contribution is -2.07. The van der Waals surface area contributed by atoms with E-state index in [9.17, 15) is 23.2 Å². The first kappa shape index (κ1) is 25.3. The maximum absolute atomic E-state index is 10.0. The van der Waals surface area contributed by atoms with E-state index in [2.05, 4.69) is 16.3 Å². The van der Waals surface area contributed by atoms with Gasteiger partial charge in [0.05, 0.1) is 17.5 Å². The quantitative estimate of drug-likeness (QED) is 0.212. The number of aromatic hydroxyl groups is 2. The Kier molecular flexibility index (Phi) is 9.12. The van der Waals surface area contributed by atoms with E-state index in [1.807, 2.05) is 42.5 Å². The van der Waals surface area contributed by atoms with Gasteiger partial charge in [0.1, 0.15) is 17.3 Å². The molecule has 8 heteroatoms. The predicted molar refractivity (Wildman–Crippen MR) is 131 cm³/mol. The zero-order valence-electron chi connectivity index (χ0n) is 18.2. The van der Waals surface area contributed by atoms with E-state index in [1.54, 1.807) is 54.6 Å². The van der Waals surface area contributed by atoms with E-state index in [4.69, 9.17) is 0 Å². The standard InChI is InChI=1S/C19H16O2S.C7H8O4S/c20-16-6-10-18(11-7-16)22(14-15-4-2-1-3-5-15)19-12-8-17(21)9-13-19;8-12(9,10)11-6-7-4-2-1-3-5-7/h1-13H,14H2,(H-,20,21);1-5H,6H2,(H,8,9,10). The molecule has 6 nitrogen and oxygen atoms in total. The lowest BCUT2D eigenvalue weighted by atomic mass is 10.2. The molecule has 0 aromatic heterocycles. The molecule has 176 valence electrons. The fourth-order valence-electron chi connectivity index (χ4n) is 2.98. The van der Waals surface area contributed by atoms with Gasteiger partial charge >= 0.3 is 0 Å². The van der Waals surface area contributed by atoms with Crippen LogP contribution in [0.4, 0.5) is 0 Å². The largest absolute Gasteiger partial charge is 0.726 e. The van der Waals surface area contributed by atoms with Gasteiger partial charge in [-0.15, -0.1) is 0 Å². The van der Waals surface area contributed by atoms with Gasteiger partial charge in [0, 0.05) is 5.56 Å². The molecule has 0 saturated heterocycles. The van der Waals surface area contributed by atoms with E-state index in [-0.39, 0.29) is 29.0 Å². The van der Waals surface area contributed by atoms with E-state index in [0.717, 1.165) is 5.75 Å². The van der Waals surface area contributed by atoms with Gasteiger partial charge in [-0.2, -0.15) is 0 Å². The van der Waals surface area contributed by atoms with E-state index >= 15 is 0 Å². The molecule has 2 N–H and O–H groups in total. The summed E-state index contributed by atoms with van der Waals surface area (Å²) in [6.45, 7) is -0.202. The molecule has 0 heterocycles. The number of phenolic OH excluding ortho intramolecular Hbond substituents is 2. The molecule has 0 spiro atoms. The molecular weight excluding hydrogens is 472 g/mol. The van der Waals surface area contributed by atoms with Gasteiger partial charge in [-0.1, -0.05) is 60.7 Å². The molecule has 0 atom stereocenters. The molecule has 0 aliphatic heterocycles. The summed E-state index contributed by atoms with van der Waals surface area (Å²) in [6, 6.07) is 33.7. The summed E-state index contributed by atoms with van der Waals surface area (Å²) in [7, 11) is -4.71. The normalized spacial score (nSPS) is 11.0. The van der Waals surface area contributed by atoms with Crippen molar-refractivity contribution in [3.63, 3.8) is 0 Å². The first-order valence-corrected chi connectivity index (χ1v) is 13.0. The van der Waals surface area contributed by atoms with E-state index < -0.39 is 10.4 Å². The Hall–Kier alpha value is -3.30. The second kappa shape index (κ2) is 12.2. The number of benzene rings is 4. The van der Waals surface area contributed by atoms with E-state index in [1.165, 1.54) is 15.4 Å². The maximum Gasteiger partial charge on any atom is 0.217 e. The van der Waals surface area contributed by atoms with Crippen LogP contribution >= 0.6 is 0 Å². The molecule has 4 aromatic carbocycles. The summed E-state index contributed by atoms with van der Waals surface area (Å²) in [6.07, 6.45) is 0. The van der Waals surface area contributed by atoms with Crippen LogP contribution in [0.25, 0.3) is 0 Å². The monoisotopic (exact) mass is 496 g/mol. The summed E-state index contributed by atoms with van der Waals surface area (Å²) >= 11 is 0. The van der Waals surface area contributed by atoms with Crippen LogP contribution in [0.1, 0.15) is 11.1 Å². The Morgan fingerprint density at radius 3 is 1.47 bits per heavy atom. The average Bonchev–Trinajstić information content (AvgIpc) is 2.84. The molecule has 34 heavy (non-hydrogen) atoms. The summed E-state index contributed by atoms with van der Waals surface area (Å²) in [4.78, 5) is 2.35. The molecule has 0 saturated carbocycles. The number of hydrogen-bond donors (Lipinski definition) is 2. The summed E-state index contributed by atoms with van der Waals surface area (Å²) in [5.74, 6) is 1.45. The molecule has 0 fully saturated rings. The minimum atomic E-state index is -4.57. The van der Waals surface area contributed by atoms with Crippen molar-refractivity contribution in [2.75, 3.05) is 0 Å². The predicted octanol–water partition coefficient (Wildman–Crippen LogP) is 5.00. The lowest BCUT2D eigenvalue weighted by Gasteiger charge is -2.09. The highest BCUT2D eigenvalue weighted by Crippen LogP contribution is 2.29. The summed E-state index contributed by atoms with van der Waals surface area (Å²) in [5.41, 5.74) is 1.92. The van der Waals surface area contributed by atoms with Crippen molar-refractivity contribution in [3.05, 3.63) is 120 Å². The molecular formula is C26H24O6S2. The SMILES string of the molecule is O=S(=O)([O-])OCc1ccccc1.Oc1ccc([S+](Cc2ccccc2)c2ccc(O)cc2)cc1. The average molecular weight is 497 g/mol. The second-order valence-electron chi connectivity index (χ2n) is 7.16. The van der Waals surface area contributed by atoms with Crippen molar-refractivity contribution in [2.24, 2.45) is 0 Å². The topological polar surface area (TPSA) is 107 Å². The molecule has 0 radical (unpaired) electrons. The van der Waals surface area contributed by atoms with Crippen molar-refractivity contribution in [1.82, 2.24) is 0 Å². The minimum Gasteiger partial charge on any atom is -0.726 e. The highest BCUT2D eigenvalue weighted by Gasteiger charge is 2.25. The van der Waals surface area contributed by atoms with Crippen LogP contribution < -0.4 is 0 Å². The van der Waals surface area contributed by atoms with Crippen molar-refractivity contribution < 1.29 is 27.4 Å². The van der Waals surface area contributed by atoms with Gasteiger partial charge in [-0.3, -0.25) is 4.18 Å². The Labute approximate surface area is 202 Å². The van der Waals surface area contributed by atoms with Crippen molar-refractivity contribution in [3.8, 4) is 11.5 Å². The van der Waals surface area contributed by atoms with Crippen LogP contribution in [-0.4, -0.2) is 23.2 Å². The molecule has 0 aliphatic rings. The van der Waals surface area contributed by atoms with Crippen LogP contribution in [0.5, 0.6) is 11.5 Å². The fraction of sp³-hybridized carbons (Fsp3) is 0.0769. The third-order valence-electron chi connectivity index (χ3n) is 4.61. The molecule has 0 aliphatic carbocycles.